The minimum atomic E-state index is -0.815. The summed E-state index contributed by atoms with van der Waals surface area (Å²) in [6.45, 7) is 4.11. The normalized spacial score (nSPS) is 22.0. The number of anilines is 1. The molecule has 0 aliphatic carbocycles. The summed E-state index contributed by atoms with van der Waals surface area (Å²) < 4.78 is 5.34. The van der Waals surface area contributed by atoms with Crippen LogP contribution in [0.3, 0.4) is 0 Å². The highest BCUT2D eigenvalue weighted by atomic mass is 16.5. The smallest absolute Gasteiger partial charge is 0.308 e. The summed E-state index contributed by atoms with van der Waals surface area (Å²) in [5, 5.41) is 9.14. The van der Waals surface area contributed by atoms with E-state index in [4.69, 9.17) is 9.84 Å². The van der Waals surface area contributed by atoms with Gasteiger partial charge in [-0.2, -0.15) is 0 Å². The summed E-state index contributed by atoms with van der Waals surface area (Å²) in [5.74, 6) is -1.34. The standard InChI is InChI=1S/C17H22N2O4/c20-16(19-7-1-2-14(12-19)17(21)22)13-3-5-15(6-4-13)18-8-10-23-11-9-18/h3-6,14H,1-2,7-12H2,(H,21,22). The lowest BCUT2D eigenvalue weighted by Gasteiger charge is -2.31. The van der Waals surface area contributed by atoms with Gasteiger partial charge in [0.05, 0.1) is 19.1 Å². The monoisotopic (exact) mass is 318 g/mol. The number of amides is 1. The molecule has 2 aliphatic heterocycles. The third kappa shape index (κ3) is 3.64. The highest BCUT2D eigenvalue weighted by molar-refractivity contribution is 5.95. The van der Waals surface area contributed by atoms with Crippen LogP contribution in [0.1, 0.15) is 23.2 Å². The van der Waals surface area contributed by atoms with E-state index in [0.717, 1.165) is 38.4 Å². The van der Waals surface area contributed by atoms with Crippen molar-refractivity contribution in [3.8, 4) is 0 Å². The molecule has 1 unspecified atom stereocenters. The van der Waals surface area contributed by atoms with Gasteiger partial charge in [-0.15, -0.1) is 0 Å². The third-order valence-corrected chi connectivity index (χ3v) is 4.55. The van der Waals surface area contributed by atoms with Gasteiger partial charge < -0.3 is 19.6 Å². The van der Waals surface area contributed by atoms with E-state index in [1.54, 1.807) is 4.90 Å². The number of benzene rings is 1. The average molecular weight is 318 g/mol. The molecule has 6 nitrogen and oxygen atoms in total. The second kappa shape index (κ2) is 7.00. The zero-order valence-corrected chi connectivity index (χ0v) is 13.1. The molecular weight excluding hydrogens is 296 g/mol. The SMILES string of the molecule is O=C(O)C1CCCN(C(=O)c2ccc(N3CCOCC3)cc2)C1. The van der Waals surface area contributed by atoms with E-state index >= 15 is 0 Å². The molecule has 0 aromatic heterocycles. The van der Waals surface area contributed by atoms with Crippen molar-refractivity contribution in [3.05, 3.63) is 29.8 Å². The minimum Gasteiger partial charge on any atom is -0.481 e. The second-order valence-electron chi connectivity index (χ2n) is 6.07. The molecule has 0 bridgehead atoms. The van der Waals surface area contributed by atoms with Crippen LogP contribution >= 0.6 is 0 Å². The molecule has 3 rings (SSSR count). The Hall–Kier alpha value is -2.08. The lowest BCUT2D eigenvalue weighted by molar-refractivity contribution is -0.143. The number of hydrogen-bond donors (Lipinski definition) is 1. The maximum absolute atomic E-state index is 12.6. The van der Waals surface area contributed by atoms with E-state index < -0.39 is 11.9 Å². The van der Waals surface area contributed by atoms with Gasteiger partial charge in [0.15, 0.2) is 0 Å². The summed E-state index contributed by atoms with van der Waals surface area (Å²) in [6.07, 6.45) is 1.39. The number of carbonyl (C=O) groups excluding carboxylic acids is 1. The molecule has 6 heteroatoms. The molecule has 23 heavy (non-hydrogen) atoms. The van der Waals surface area contributed by atoms with Gasteiger partial charge in [-0.05, 0) is 37.1 Å². The summed E-state index contributed by atoms with van der Waals surface area (Å²) in [5.41, 5.74) is 1.71. The number of ether oxygens (including phenoxy) is 1. The molecular formula is C17H22N2O4. The van der Waals surface area contributed by atoms with Crippen LogP contribution in [-0.4, -0.2) is 61.3 Å². The van der Waals surface area contributed by atoms with Crippen LogP contribution in [0.25, 0.3) is 0 Å². The van der Waals surface area contributed by atoms with Crippen LogP contribution in [-0.2, 0) is 9.53 Å². The fraction of sp³-hybridized carbons (Fsp3) is 0.529. The Morgan fingerprint density at radius 2 is 1.78 bits per heavy atom. The van der Waals surface area contributed by atoms with Crippen LogP contribution in [0.5, 0.6) is 0 Å². The molecule has 2 aliphatic rings. The molecule has 2 saturated heterocycles. The lowest BCUT2D eigenvalue weighted by Crippen LogP contribution is -2.42. The number of aliphatic carboxylic acids is 1. The molecule has 0 spiro atoms. The number of carbonyl (C=O) groups is 2. The molecule has 1 atom stereocenters. The maximum atomic E-state index is 12.6. The summed E-state index contributed by atoms with van der Waals surface area (Å²) in [6, 6.07) is 7.57. The topological polar surface area (TPSA) is 70.1 Å². The van der Waals surface area contributed by atoms with Gasteiger partial charge in [-0.25, -0.2) is 0 Å². The first kappa shape index (κ1) is 15.8. The van der Waals surface area contributed by atoms with E-state index in [1.165, 1.54) is 0 Å². The number of rotatable bonds is 3. The summed E-state index contributed by atoms with van der Waals surface area (Å²) >= 11 is 0. The molecule has 2 fully saturated rings. The van der Waals surface area contributed by atoms with Crippen LogP contribution < -0.4 is 4.90 Å². The van der Waals surface area contributed by atoms with Crippen molar-refractivity contribution >= 4 is 17.6 Å². The van der Waals surface area contributed by atoms with Crippen molar-refractivity contribution in [2.24, 2.45) is 5.92 Å². The highest BCUT2D eigenvalue weighted by Crippen LogP contribution is 2.21. The predicted octanol–water partition coefficient (Wildman–Crippen LogP) is 1.46. The number of hydrogen-bond acceptors (Lipinski definition) is 4. The van der Waals surface area contributed by atoms with Gasteiger partial charge >= 0.3 is 5.97 Å². The van der Waals surface area contributed by atoms with Crippen LogP contribution in [0.2, 0.25) is 0 Å². The third-order valence-electron chi connectivity index (χ3n) is 4.55. The Kier molecular flexibility index (Phi) is 4.81. The fourth-order valence-corrected chi connectivity index (χ4v) is 3.18. The average Bonchev–Trinajstić information content (AvgIpc) is 2.62. The van der Waals surface area contributed by atoms with Crippen molar-refractivity contribution in [2.75, 3.05) is 44.3 Å². The Balaban J connectivity index is 1.66. The Morgan fingerprint density at radius 1 is 1.09 bits per heavy atom. The molecule has 0 radical (unpaired) electrons. The van der Waals surface area contributed by atoms with Crippen molar-refractivity contribution in [1.29, 1.82) is 0 Å². The van der Waals surface area contributed by atoms with Crippen molar-refractivity contribution in [1.82, 2.24) is 4.90 Å². The first-order chi connectivity index (χ1) is 11.1. The predicted molar refractivity (Wildman–Crippen MR) is 85.7 cm³/mol. The summed E-state index contributed by atoms with van der Waals surface area (Å²) in [7, 11) is 0. The number of piperidine rings is 1. The number of carboxylic acids is 1. The van der Waals surface area contributed by atoms with Crippen molar-refractivity contribution < 1.29 is 19.4 Å². The highest BCUT2D eigenvalue weighted by Gasteiger charge is 2.28. The molecule has 2 heterocycles. The van der Waals surface area contributed by atoms with E-state index in [0.29, 0.717) is 25.1 Å². The largest absolute Gasteiger partial charge is 0.481 e. The van der Waals surface area contributed by atoms with Gasteiger partial charge in [0.1, 0.15) is 0 Å². The summed E-state index contributed by atoms with van der Waals surface area (Å²) in [4.78, 5) is 27.6. The van der Waals surface area contributed by atoms with Crippen LogP contribution in [0, 0.1) is 5.92 Å². The maximum Gasteiger partial charge on any atom is 0.308 e. The molecule has 0 saturated carbocycles. The molecule has 1 aromatic rings. The number of likely N-dealkylation sites (tertiary alicyclic amines) is 1. The number of nitrogens with zero attached hydrogens (tertiary/aromatic N) is 2. The molecule has 1 N–H and O–H groups in total. The van der Waals surface area contributed by atoms with Crippen LogP contribution in [0.15, 0.2) is 24.3 Å². The minimum absolute atomic E-state index is 0.0792. The van der Waals surface area contributed by atoms with E-state index in [-0.39, 0.29) is 5.91 Å². The Morgan fingerprint density at radius 3 is 2.43 bits per heavy atom. The van der Waals surface area contributed by atoms with Crippen molar-refractivity contribution in [2.45, 2.75) is 12.8 Å². The quantitative estimate of drug-likeness (QED) is 0.914. The lowest BCUT2D eigenvalue weighted by atomic mass is 9.97. The fourth-order valence-electron chi connectivity index (χ4n) is 3.18. The first-order valence-corrected chi connectivity index (χ1v) is 8.10. The molecule has 1 amide bonds. The van der Waals surface area contributed by atoms with Crippen molar-refractivity contribution in [3.63, 3.8) is 0 Å². The van der Waals surface area contributed by atoms with Crippen LogP contribution in [0.4, 0.5) is 5.69 Å². The Labute approximate surface area is 135 Å². The Bertz CT molecular complexity index is 566. The second-order valence-corrected chi connectivity index (χ2v) is 6.07. The number of carboxylic acid groups (broad SMARTS) is 1. The van der Waals surface area contributed by atoms with Gasteiger partial charge in [-0.1, -0.05) is 0 Å². The zero-order valence-electron chi connectivity index (χ0n) is 13.1. The van der Waals surface area contributed by atoms with E-state index in [9.17, 15) is 9.59 Å². The molecule has 1 aromatic carbocycles. The van der Waals surface area contributed by atoms with Gasteiger partial charge in [0.2, 0.25) is 0 Å². The van der Waals surface area contributed by atoms with E-state index in [2.05, 4.69) is 4.90 Å². The van der Waals surface area contributed by atoms with Gasteiger partial charge in [-0.3, -0.25) is 9.59 Å². The van der Waals surface area contributed by atoms with Gasteiger partial charge in [0.25, 0.3) is 5.91 Å². The first-order valence-electron chi connectivity index (χ1n) is 8.10. The number of morpholine rings is 1. The molecule has 124 valence electrons. The van der Waals surface area contributed by atoms with Gasteiger partial charge in [0, 0.05) is 37.4 Å². The zero-order chi connectivity index (χ0) is 16.2. The van der Waals surface area contributed by atoms with E-state index in [1.807, 2.05) is 24.3 Å².